The zero-order valence-corrected chi connectivity index (χ0v) is 13.0. The summed E-state index contributed by atoms with van der Waals surface area (Å²) in [7, 11) is 0. The molecule has 0 aromatic heterocycles. The van der Waals surface area contributed by atoms with Crippen molar-refractivity contribution in [1.29, 1.82) is 0 Å². The van der Waals surface area contributed by atoms with E-state index >= 15 is 0 Å². The first kappa shape index (κ1) is 16.9. The zero-order valence-electron chi connectivity index (χ0n) is 13.0. The van der Waals surface area contributed by atoms with E-state index in [0.29, 0.717) is 11.5 Å². The molecule has 0 aromatic rings. The molecule has 0 aromatic carbocycles. The number of nitrogens with zero attached hydrogens (tertiary/aromatic N) is 1. The molecular formula is C15H34N2. The fourth-order valence-corrected chi connectivity index (χ4v) is 1.96. The van der Waals surface area contributed by atoms with E-state index in [2.05, 4.69) is 51.8 Å². The highest BCUT2D eigenvalue weighted by Crippen LogP contribution is 2.17. The van der Waals surface area contributed by atoms with Gasteiger partial charge in [-0.1, -0.05) is 34.6 Å². The highest BCUT2D eigenvalue weighted by atomic mass is 15.1. The molecule has 0 bridgehead atoms. The molecule has 17 heavy (non-hydrogen) atoms. The number of rotatable bonds is 9. The molecule has 0 rings (SSSR count). The molecule has 1 unspecified atom stereocenters. The molecule has 2 nitrogen and oxygen atoms in total. The van der Waals surface area contributed by atoms with Gasteiger partial charge < -0.3 is 10.2 Å². The first-order valence-corrected chi connectivity index (χ1v) is 7.34. The van der Waals surface area contributed by atoms with Crippen molar-refractivity contribution in [3.63, 3.8) is 0 Å². The molecule has 0 heterocycles. The average molecular weight is 242 g/mol. The highest BCUT2D eigenvalue weighted by Gasteiger charge is 2.10. The smallest absolute Gasteiger partial charge is 0.00392 e. The maximum Gasteiger partial charge on any atom is 0.00392 e. The van der Waals surface area contributed by atoms with Gasteiger partial charge in [-0.25, -0.2) is 0 Å². The minimum absolute atomic E-state index is 0.452. The lowest BCUT2D eigenvalue weighted by Gasteiger charge is -2.22. The standard InChI is InChI=1S/C15H34N2/c1-7-17(8-2)13-9-10-14(3)16-12-11-15(4,5)6/h14,16H,7-13H2,1-6H3. The van der Waals surface area contributed by atoms with Crippen LogP contribution in [-0.4, -0.2) is 37.1 Å². The summed E-state index contributed by atoms with van der Waals surface area (Å²) in [6.45, 7) is 18.5. The predicted molar refractivity (Wildman–Crippen MR) is 78.6 cm³/mol. The van der Waals surface area contributed by atoms with Crippen LogP contribution < -0.4 is 5.32 Å². The van der Waals surface area contributed by atoms with Crippen molar-refractivity contribution < 1.29 is 0 Å². The molecule has 0 fully saturated rings. The SMILES string of the molecule is CCN(CC)CCCC(C)NCCC(C)(C)C. The third kappa shape index (κ3) is 10.8. The first-order valence-electron chi connectivity index (χ1n) is 7.34. The van der Waals surface area contributed by atoms with Gasteiger partial charge in [0.2, 0.25) is 0 Å². The Bertz CT molecular complexity index is 168. The fourth-order valence-electron chi connectivity index (χ4n) is 1.96. The van der Waals surface area contributed by atoms with Gasteiger partial charge in [0.15, 0.2) is 0 Å². The van der Waals surface area contributed by atoms with Crippen molar-refractivity contribution in [2.45, 2.75) is 66.8 Å². The number of hydrogen-bond donors (Lipinski definition) is 1. The van der Waals surface area contributed by atoms with Gasteiger partial charge in [-0.3, -0.25) is 0 Å². The normalized spacial score (nSPS) is 14.3. The fraction of sp³-hybridized carbons (Fsp3) is 1.00. The Morgan fingerprint density at radius 2 is 1.71 bits per heavy atom. The Hall–Kier alpha value is -0.0800. The predicted octanol–water partition coefficient (Wildman–Crippen LogP) is 3.52. The molecule has 0 radical (unpaired) electrons. The van der Waals surface area contributed by atoms with E-state index in [1.807, 2.05) is 0 Å². The van der Waals surface area contributed by atoms with Gasteiger partial charge in [0.1, 0.15) is 0 Å². The third-order valence-electron chi connectivity index (χ3n) is 3.37. The van der Waals surface area contributed by atoms with Gasteiger partial charge in [-0.2, -0.15) is 0 Å². The van der Waals surface area contributed by atoms with E-state index in [1.165, 1.54) is 38.9 Å². The molecule has 104 valence electrons. The summed E-state index contributed by atoms with van der Waals surface area (Å²) in [5.41, 5.74) is 0.452. The Kier molecular flexibility index (Phi) is 8.89. The summed E-state index contributed by atoms with van der Waals surface area (Å²) < 4.78 is 0. The van der Waals surface area contributed by atoms with Gasteiger partial charge in [0, 0.05) is 6.04 Å². The van der Waals surface area contributed by atoms with Crippen molar-refractivity contribution in [3.05, 3.63) is 0 Å². The second kappa shape index (κ2) is 8.93. The van der Waals surface area contributed by atoms with Gasteiger partial charge in [-0.15, -0.1) is 0 Å². The number of nitrogens with one attached hydrogen (secondary N) is 1. The molecular weight excluding hydrogens is 208 g/mol. The minimum Gasteiger partial charge on any atom is -0.314 e. The van der Waals surface area contributed by atoms with E-state index in [4.69, 9.17) is 0 Å². The molecule has 0 aliphatic rings. The Labute approximate surface area is 109 Å². The largest absolute Gasteiger partial charge is 0.314 e. The summed E-state index contributed by atoms with van der Waals surface area (Å²) >= 11 is 0. The summed E-state index contributed by atoms with van der Waals surface area (Å²) in [6.07, 6.45) is 3.86. The highest BCUT2D eigenvalue weighted by molar-refractivity contribution is 4.67. The Morgan fingerprint density at radius 3 is 2.18 bits per heavy atom. The van der Waals surface area contributed by atoms with Crippen LogP contribution in [0.25, 0.3) is 0 Å². The molecule has 0 aliphatic carbocycles. The van der Waals surface area contributed by atoms with Gasteiger partial charge >= 0.3 is 0 Å². The second-order valence-corrected chi connectivity index (χ2v) is 6.33. The van der Waals surface area contributed by atoms with Crippen molar-refractivity contribution in [1.82, 2.24) is 10.2 Å². The lowest BCUT2D eigenvalue weighted by molar-refractivity contribution is 0.288. The lowest BCUT2D eigenvalue weighted by atomic mass is 9.92. The van der Waals surface area contributed by atoms with E-state index in [0.717, 1.165) is 6.54 Å². The molecule has 0 aliphatic heterocycles. The van der Waals surface area contributed by atoms with Crippen LogP contribution in [0.3, 0.4) is 0 Å². The van der Waals surface area contributed by atoms with E-state index in [-0.39, 0.29) is 0 Å². The van der Waals surface area contributed by atoms with E-state index < -0.39 is 0 Å². The quantitative estimate of drug-likeness (QED) is 0.665. The van der Waals surface area contributed by atoms with Gasteiger partial charge in [0.25, 0.3) is 0 Å². The molecule has 0 saturated carbocycles. The molecule has 0 spiro atoms. The minimum atomic E-state index is 0.452. The van der Waals surface area contributed by atoms with Crippen molar-refractivity contribution >= 4 is 0 Å². The van der Waals surface area contributed by atoms with Crippen LogP contribution in [0, 0.1) is 5.41 Å². The van der Waals surface area contributed by atoms with Crippen LogP contribution in [-0.2, 0) is 0 Å². The maximum atomic E-state index is 3.63. The van der Waals surface area contributed by atoms with Crippen molar-refractivity contribution in [2.75, 3.05) is 26.2 Å². The zero-order chi connectivity index (χ0) is 13.3. The van der Waals surface area contributed by atoms with Gasteiger partial charge in [-0.05, 0) is 57.8 Å². The van der Waals surface area contributed by atoms with Crippen LogP contribution in [0.4, 0.5) is 0 Å². The van der Waals surface area contributed by atoms with E-state index in [1.54, 1.807) is 0 Å². The van der Waals surface area contributed by atoms with Crippen molar-refractivity contribution in [3.8, 4) is 0 Å². The van der Waals surface area contributed by atoms with E-state index in [9.17, 15) is 0 Å². The third-order valence-corrected chi connectivity index (χ3v) is 3.37. The summed E-state index contributed by atoms with van der Waals surface area (Å²) in [5.74, 6) is 0. The summed E-state index contributed by atoms with van der Waals surface area (Å²) in [6, 6.07) is 0.660. The molecule has 0 saturated heterocycles. The molecule has 1 N–H and O–H groups in total. The molecule has 1 atom stereocenters. The van der Waals surface area contributed by atoms with Crippen LogP contribution in [0.15, 0.2) is 0 Å². The summed E-state index contributed by atoms with van der Waals surface area (Å²) in [5, 5.41) is 3.63. The van der Waals surface area contributed by atoms with Crippen LogP contribution in [0.2, 0.25) is 0 Å². The van der Waals surface area contributed by atoms with Gasteiger partial charge in [0.05, 0.1) is 0 Å². The maximum absolute atomic E-state index is 3.63. The van der Waals surface area contributed by atoms with Crippen molar-refractivity contribution in [2.24, 2.45) is 5.41 Å². The molecule has 2 heteroatoms. The Morgan fingerprint density at radius 1 is 1.12 bits per heavy atom. The van der Waals surface area contributed by atoms with Crippen LogP contribution in [0.1, 0.15) is 60.8 Å². The number of hydrogen-bond acceptors (Lipinski definition) is 2. The topological polar surface area (TPSA) is 15.3 Å². The summed E-state index contributed by atoms with van der Waals surface area (Å²) in [4.78, 5) is 2.50. The van der Waals surface area contributed by atoms with Crippen LogP contribution in [0.5, 0.6) is 0 Å². The monoisotopic (exact) mass is 242 g/mol. The van der Waals surface area contributed by atoms with Crippen LogP contribution >= 0.6 is 0 Å². The first-order chi connectivity index (χ1) is 7.89. The molecule has 0 amide bonds. The lowest BCUT2D eigenvalue weighted by Crippen LogP contribution is -2.31. The Balaban J connectivity index is 3.49. The second-order valence-electron chi connectivity index (χ2n) is 6.33. The average Bonchev–Trinajstić information content (AvgIpc) is 2.22.